The third kappa shape index (κ3) is 4.07. The summed E-state index contributed by atoms with van der Waals surface area (Å²) in [6.45, 7) is 0. The highest BCUT2D eigenvalue weighted by Crippen LogP contribution is 2.12. The number of phenols is 1. The first-order valence-corrected chi connectivity index (χ1v) is 6.46. The maximum atomic E-state index is 11.9. The second-order valence-corrected chi connectivity index (χ2v) is 4.74. The maximum absolute atomic E-state index is 11.9. The highest BCUT2D eigenvalue weighted by molar-refractivity contribution is 5.95. The second-order valence-electron chi connectivity index (χ2n) is 4.74. The molecule has 0 heterocycles. The van der Waals surface area contributed by atoms with Crippen LogP contribution in [0.1, 0.15) is 15.9 Å². The van der Waals surface area contributed by atoms with Crippen LogP contribution in [-0.2, 0) is 0 Å². The van der Waals surface area contributed by atoms with Crippen molar-refractivity contribution in [2.45, 2.75) is 0 Å². The Kier molecular flexibility index (Phi) is 4.56. The molecular weight excluding hydrogens is 266 g/mol. The molecule has 2 N–H and O–H groups in total. The van der Waals surface area contributed by atoms with Crippen LogP contribution >= 0.6 is 0 Å². The van der Waals surface area contributed by atoms with Gasteiger partial charge in [0.1, 0.15) is 5.75 Å². The molecule has 0 aliphatic rings. The van der Waals surface area contributed by atoms with Crippen molar-refractivity contribution in [3.05, 3.63) is 59.7 Å². The van der Waals surface area contributed by atoms with E-state index in [9.17, 15) is 9.90 Å². The monoisotopic (exact) mass is 283 g/mol. The fourth-order valence-electron chi connectivity index (χ4n) is 1.75. The predicted octanol–water partition coefficient (Wildman–Crippen LogP) is 2.22. The van der Waals surface area contributed by atoms with Crippen LogP contribution in [-0.4, -0.2) is 31.3 Å². The molecule has 0 saturated carbocycles. The lowest BCUT2D eigenvalue weighted by Crippen LogP contribution is -2.17. The van der Waals surface area contributed by atoms with Crippen LogP contribution in [0.15, 0.2) is 53.6 Å². The molecule has 108 valence electrons. The standard InChI is InChI=1S/C16H17N3O2/c1-19(2)14-8-6-13(7-9-14)16(21)18-17-11-12-4-3-5-15(20)10-12/h3-11,20H,1-2H3,(H,18,21)/b17-11+. The van der Waals surface area contributed by atoms with Gasteiger partial charge in [-0.25, -0.2) is 5.43 Å². The lowest BCUT2D eigenvalue weighted by atomic mass is 10.2. The minimum absolute atomic E-state index is 0.157. The summed E-state index contributed by atoms with van der Waals surface area (Å²) >= 11 is 0. The maximum Gasteiger partial charge on any atom is 0.271 e. The molecule has 2 rings (SSSR count). The number of amides is 1. The van der Waals surface area contributed by atoms with Crippen molar-refractivity contribution in [1.29, 1.82) is 0 Å². The molecule has 0 aromatic heterocycles. The van der Waals surface area contributed by atoms with Crippen molar-refractivity contribution in [3.8, 4) is 5.75 Å². The Bertz CT molecular complexity index is 649. The van der Waals surface area contributed by atoms with Gasteiger partial charge in [0.2, 0.25) is 0 Å². The summed E-state index contributed by atoms with van der Waals surface area (Å²) in [5.74, 6) is -0.124. The van der Waals surface area contributed by atoms with Crippen molar-refractivity contribution < 1.29 is 9.90 Å². The van der Waals surface area contributed by atoms with Gasteiger partial charge in [0.25, 0.3) is 5.91 Å². The van der Waals surface area contributed by atoms with E-state index in [2.05, 4.69) is 10.5 Å². The van der Waals surface area contributed by atoms with Crippen LogP contribution in [0, 0.1) is 0 Å². The zero-order chi connectivity index (χ0) is 15.2. The van der Waals surface area contributed by atoms with Gasteiger partial charge in [-0.1, -0.05) is 12.1 Å². The third-order valence-corrected chi connectivity index (χ3v) is 2.90. The first-order chi connectivity index (χ1) is 10.1. The molecule has 0 fully saturated rings. The number of hydrazone groups is 1. The first kappa shape index (κ1) is 14.6. The first-order valence-electron chi connectivity index (χ1n) is 6.46. The van der Waals surface area contributed by atoms with Gasteiger partial charge < -0.3 is 10.0 Å². The fraction of sp³-hybridized carbons (Fsp3) is 0.125. The summed E-state index contributed by atoms with van der Waals surface area (Å²) in [7, 11) is 3.88. The largest absolute Gasteiger partial charge is 0.508 e. The molecule has 0 bridgehead atoms. The molecule has 5 heteroatoms. The average molecular weight is 283 g/mol. The Morgan fingerprint density at radius 3 is 2.52 bits per heavy atom. The molecule has 0 unspecified atom stereocenters. The SMILES string of the molecule is CN(C)c1ccc(C(=O)N/N=C/c2cccc(O)c2)cc1. The predicted molar refractivity (Wildman–Crippen MR) is 83.9 cm³/mol. The number of carbonyl (C=O) groups is 1. The second kappa shape index (κ2) is 6.56. The van der Waals surface area contributed by atoms with E-state index >= 15 is 0 Å². The van der Waals surface area contributed by atoms with Gasteiger partial charge in [-0.15, -0.1) is 0 Å². The number of nitrogens with zero attached hydrogens (tertiary/aromatic N) is 2. The molecule has 0 aliphatic heterocycles. The summed E-state index contributed by atoms with van der Waals surface area (Å²) < 4.78 is 0. The van der Waals surface area contributed by atoms with Crippen LogP contribution in [0.25, 0.3) is 0 Å². The van der Waals surface area contributed by atoms with Crippen LogP contribution in [0.5, 0.6) is 5.75 Å². The van der Waals surface area contributed by atoms with E-state index in [0.717, 1.165) is 5.69 Å². The van der Waals surface area contributed by atoms with Crippen LogP contribution in [0.3, 0.4) is 0 Å². The van der Waals surface area contributed by atoms with Crippen molar-refractivity contribution >= 4 is 17.8 Å². The van der Waals surface area contributed by atoms with Crippen molar-refractivity contribution in [2.75, 3.05) is 19.0 Å². The van der Waals surface area contributed by atoms with Gasteiger partial charge in [0.05, 0.1) is 6.21 Å². The lowest BCUT2D eigenvalue weighted by molar-refractivity contribution is 0.0955. The number of hydrogen-bond donors (Lipinski definition) is 2. The van der Waals surface area contributed by atoms with E-state index in [4.69, 9.17) is 0 Å². The number of phenolic OH excluding ortho intramolecular Hbond substituents is 1. The van der Waals surface area contributed by atoms with E-state index in [1.54, 1.807) is 36.4 Å². The van der Waals surface area contributed by atoms with E-state index in [1.165, 1.54) is 6.21 Å². The fourth-order valence-corrected chi connectivity index (χ4v) is 1.75. The van der Waals surface area contributed by atoms with Crippen LogP contribution in [0.2, 0.25) is 0 Å². The summed E-state index contributed by atoms with van der Waals surface area (Å²) in [5, 5.41) is 13.2. The van der Waals surface area contributed by atoms with Gasteiger partial charge in [-0.05, 0) is 42.0 Å². The Hall–Kier alpha value is -2.82. The van der Waals surface area contributed by atoms with Crippen LogP contribution < -0.4 is 10.3 Å². The zero-order valence-electron chi connectivity index (χ0n) is 11.9. The van der Waals surface area contributed by atoms with E-state index in [1.807, 2.05) is 31.1 Å². The summed E-state index contributed by atoms with van der Waals surface area (Å²) in [4.78, 5) is 13.9. The molecule has 5 nitrogen and oxygen atoms in total. The molecular formula is C16H17N3O2. The van der Waals surface area contributed by atoms with E-state index in [-0.39, 0.29) is 11.7 Å². The van der Waals surface area contributed by atoms with Crippen molar-refractivity contribution in [2.24, 2.45) is 5.10 Å². The molecule has 21 heavy (non-hydrogen) atoms. The number of benzene rings is 2. The number of nitrogens with one attached hydrogen (secondary N) is 1. The molecule has 0 radical (unpaired) electrons. The number of aromatic hydroxyl groups is 1. The van der Waals surface area contributed by atoms with Crippen LogP contribution in [0.4, 0.5) is 5.69 Å². The number of hydrogen-bond acceptors (Lipinski definition) is 4. The highest BCUT2D eigenvalue weighted by atomic mass is 16.3. The average Bonchev–Trinajstić information content (AvgIpc) is 2.47. The van der Waals surface area contributed by atoms with E-state index in [0.29, 0.717) is 11.1 Å². The van der Waals surface area contributed by atoms with Crippen molar-refractivity contribution in [3.63, 3.8) is 0 Å². The number of anilines is 1. The smallest absolute Gasteiger partial charge is 0.271 e. The van der Waals surface area contributed by atoms with Gasteiger partial charge in [-0.2, -0.15) is 5.10 Å². The Balaban J connectivity index is 1.98. The molecule has 0 saturated heterocycles. The number of rotatable bonds is 4. The third-order valence-electron chi connectivity index (χ3n) is 2.90. The summed E-state index contributed by atoms with van der Waals surface area (Å²) in [6.07, 6.45) is 1.48. The molecule has 0 atom stereocenters. The summed E-state index contributed by atoms with van der Waals surface area (Å²) in [6, 6.07) is 13.8. The van der Waals surface area contributed by atoms with Crippen molar-refractivity contribution in [1.82, 2.24) is 5.43 Å². The zero-order valence-corrected chi connectivity index (χ0v) is 11.9. The minimum Gasteiger partial charge on any atom is -0.508 e. The number of carbonyl (C=O) groups excluding carboxylic acids is 1. The minimum atomic E-state index is -0.281. The topological polar surface area (TPSA) is 64.9 Å². The molecule has 2 aromatic carbocycles. The van der Waals surface area contributed by atoms with Gasteiger partial charge in [0.15, 0.2) is 0 Å². The lowest BCUT2D eigenvalue weighted by Gasteiger charge is -2.12. The van der Waals surface area contributed by atoms with Gasteiger partial charge in [-0.3, -0.25) is 4.79 Å². The molecule has 2 aromatic rings. The van der Waals surface area contributed by atoms with E-state index < -0.39 is 0 Å². The normalized spacial score (nSPS) is 10.6. The molecule has 0 spiro atoms. The Morgan fingerprint density at radius 2 is 1.90 bits per heavy atom. The summed E-state index contributed by atoms with van der Waals surface area (Å²) in [5.41, 5.74) is 4.72. The molecule has 0 aliphatic carbocycles. The van der Waals surface area contributed by atoms with Gasteiger partial charge >= 0.3 is 0 Å². The highest BCUT2D eigenvalue weighted by Gasteiger charge is 2.04. The Labute approximate surface area is 123 Å². The quantitative estimate of drug-likeness (QED) is 0.668. The Morgan fingerprint density at radius 1 is 1.19 bits per heavy atom. The molecule has 1 amide bonds. The van der Waals surface area contributed by atoms with Gasteiger partial charge in [0, 0.05) is 25.3 Å².